The summed E-state index contributed by atoms with van der Waals surface area (Å²) in [4.78, 5) is 12.1. The molecular weight excluding hydrogens is 308 g/mol. The first-order valence-corrected chi connectivity index (χ1v) is 9.09. The van der Waals surface area contributed by atoms with Gasteiger partial charge in [-0.05, 0) is 39.7 Å². The standard InChI is InChI=1S/C22H28N2O/c1-22(2,3)20-9-5-16(6-10-20)7-11-21(25)24-13-17-4-8-18-14-23-15-19(18)12-17/h4-6,8-10,12,23H,7,11,13-15H2,1-3H3,(H,24,25). The molecule has 1 aliphatic heterocycles. The van der Waals surface area contributed by atoms with Gasteiger partial charge >= 0.3 is 0 Å². The predicted molar refractivity (Wildman–Crippen MR) is 102 cm³/mol. The van der Waals surface area contributed by atoms with Crippen LogP contribution >= 0.6 is 0 Å². The zero-order valence-electron chi connectivity index (χ0n) is 15.5. The second kappa shape index (κ2) is 7.40. The Hall–Kier alpha value is -2.13. The van der Waals surface area contributed by atoms with E-state index in [-0.39, 0.29) is 11.3 Å². The summed E-state index contributed by atoms with van der Waals surface area (Å²) in [7, 11) is 0. The van der Waals surface area contributed by atoms with Gasteiger partial charge in [0.2, 0.25) is 5.91 Å². The first-order chi connectivity index (χ1) is 11.9. The molecule has 0 atom stereocenters. The average Bonchev–Trinajstić information content (AvgIpc) is 3.05. The highest BCUT2D eigenvalue weighted by molar-refractivity contribution is 5.76. The van der Waals surface area contributed by atoms with E-state index in [1.165, 1.54) is 27.8 Å². The van der Waals surface area contributed by atoms with Crippen LogP contribution in [0.25, 0.3) is 0 Å². The zero-order chi connectivity index (χ0) is 17.9. The van der Waals surface area contributed by atoms with Gasteiger partial charge in [-0.25, -0.2) is 0 Å². The molecule has 132 valence electrons. The van der Waals surface area contributed by atoms with Crippen LogP contribution < -0.4 is 10.6 Å². The third kappa shape index (κ3) is 4.70. The smallest absolute Gasteiger partial charge is 0.220 e. The number of benzene rings is 2. The Balaban J connectivity index is 1.46. The van der Waals surface area contributed by atoms with Gasteiger partial charge in [-0.2, -0.15) is 0 Å². The summed E-state index contributed by atoms with van der Waals surface area (Å²) < 4.78 is 0. The van der Waals surface area contributed by atoms with Crippen molar-refractivity contribution in [3.05, 3.63) is 70.3 Å². The first-order valence-electron chi connectivity index (χ1n) is 9.09. The molecule has 0 aromatic heterocycles. The van der Waals surface area contributed by atoms with Crippen molar-refractivity contribution >= 4 is 5.91 Å². The fraction of sp³-hybridized carbons (Fsp3) is 0.409. The molecule has 3 rings (SSSR count). The van der Waals surface area contributed by atoms with E-state index < -0.39 is 0 Å². The van der Waals surface area contributed by atoms with E-state index in [4.69, 9.17) is 0 Å². The summed E-state index contributed by atoms with van der Waals surface area (Å²) in [6.07, 6.45) is 1.31. The van der Waals surface area contributed by atoms with Crippen molar-refractivity contribution in [2.45, 2.75) is 58.7 Å². The second-order valence-corrected chi connectivity index (χ2v) is 7.93. The topological polar surface area (TPSA) is 41.1 Å². The Morgan fingerprint density at radius 1 is 1.00 bits per heavy atom. The molecule has 0 aliphatic carbocycles. The Bertz CT molecular complexity index is 742. The molecule has 0 saturated carbocycles. The van der Waals surface area contributed by atoms with Gasteiger partial charge in [0.1, 0.15) is 0 Å². The van der Waals surface area contributed by atoms with E-state index in [1.54, 1.807) is 0 Å². The lowest BCUT2D eigenvalue weighted by molar-refractivity contribution is -0.121. The molecule has 0 unspecified atom stereocenters. The molecule has 0 spiro atoms. The normalized spacial score (nSPS) is 13.6. The van der Waals surface area contributed by atoms with Crippen LogP contribution in [0.5, 0.6) is 0 Å². The lowest BCUT2D eigenvalue weighted by atomic mass is 9.86. The Morgan fingerprint density at radius 2 is 1.68 bits per heavy atom. The maximum Gasteiger partial charge on any atom is 0.220 e. The van der Waals surface area contributed by atoms with E-state index in [0.717, 1.165) is 19.5 Å². The van der Waals surface area contributed by atoms with E-state index >= 15 is 0 Å². The number of fused-ring (bicyclic) bond motifs is 1. The van der Waals surface area contributed by atoms with Crippen molar-refractivity contribution in [2.24, 2.45) is 0 Å². The third-order valence-corrected chi connectivity index (χ3v) is 4.85. The van der Waals surface area contributed by atoms with Gasteiger partial charge in [-0.15, -0.1) is 0 Å². The molecular formula is C22H28N2O. The number of carbonyl (C=O) groups is 1. The number of hydrogen-bond donors (Lipinski definition) is 2. The summed E-state index contributed by atoms with van der Waals surface area (Å²) in [6, 6.07) is 15.1. The van der Waals surface area contributed by atoms with Crippen molar-refractivity contribution in [1.82, 2.24) is 10.6 Å². The number of hydrogen-bond acceptors (Lipinski definition) is 2. The first kappa shape index (κ1) is 17.7. The van der Waals surface area contributed by atoms with Gasteiger partial charge in [0.15, 0.2) is 0 Å². The van der Waals surface area contributed by atoms with Crippen LogP contribution in [0.1, 0.15) is 55.0 Å². The molecule has 25 heavy (non-hydrogen) atoms. The number of nitrogens with one attached hydrogen (secondary N) is 2. The Morgan fingerprint density at radius 3 is 2.40 bits per heavy atom. The summed E-state index contributed by atoms with van der Waals surface area (Å²) in [5.74, 6) is 0.110. The van der Waals surface area contributed by atoms with E-state index in [9.17, 15) is 4.79 Å². The minimum absolute atomic E-state index is 0.110. The third-order valence-electron chi connectivity index (χ3n) is 4.85. The molecule has 3 nitrogen and oxygen atoms in total. The van der Waals surface area contributed by atoms with Gasteiger partial charge in [0.05, 0.1) is 0 Å². The van der Waals surface area contributed by atoms with Crippen LogP contribution in [0.3, 0.4) is 0 Å². The predicted octanol–water partition coefficient (Wildman–Crippen LogP) is 3.84. The van der Waals surface area contributed by atoms with Crippen molar-refractivity contribution in [3.63, 3.8) is 0 Å². The molecule has 1 aliphatic rings. The maximum atomic E-state index is 12.1. The largest absolute Gasteiger partial charge is 0.352 e. The molecule has 0 fully saturated rings. The molecule has 2 aromatic rings. The van der Waals surface area contributed by atoms with Gasteiger partial charge < -0.3 is 10.6 Å². The minimum atomic E-state index is 0.110. The van der Waals surface area contributed by atoms with Gasteiger partial charge in [0, 0.05) is 26.1 Å². The van der Waals surface area contributed by atoms with Crippen LogP contribution in [0.2, 0.25) is 0 Å². The summed E-state index contributed by atoms with van der Waals surface area (Å²) in [5, 5.41) is 6.38. The monoisotopic (exact) mass is 336 g/mol. The highest BCUT2D eigenvalue weighted by atomic mass is 16.1. The molecule has 2 aromatic carbocycles. The van der Waals surface area contributed by atoms with E-state index in [2.05, 4.69) is 73.9 Å². The Labute approximate surface area is 150 Å². The highest BCUT2D eigenvalue weighted by Crippen LogP contribution is 2.22. The van der Waals surface area contributed by atoms with E-state index in [0.29, 0.717) is 13.0 Å². The number of carbonyl (C=O) groups excluding carboxylic acids is 1. The summed E-state index contributed by atoms with van der Waals surface area (Å²) in [5.41, 5.74) is 6.60. The van der Waals surface area contributed by atoms with Crippen LogP contribution in [0, 0.1) is 0 Å². The molecule has 3 heteroatoms. The van der Waals surface area contributed by atoms with Gasteiger partial charge in [-0.1, -0.05) is 63.2 Å². The molecule has 0 saturated heterocycles. The molecule has 1 heterocycles. The summed E-state index contributed by atoms with van der Waals surface area (Å²) in [6.45, 7) is 9.13. The van der Waals surface area contributed by atoms with Crippen molar-refractivity contribution < 1.29 is 4.79 Å². The number of rotatable bonds is 5. The quantitative estimate of drug-likeness (QED) is 0.871. The maximum absolute atomic E-state index is 12.1. The van der Waals surface area contributed by atoms with E-state index in [1.807, 2.05) is 0 Å². The lowest BCUT2D eigenvalue weighted by Gasteiger charge is -2.19. The minimum Gasteiger partial charge on any atom is -0.352 e. The van der Waals surface area contributed by atoms with Crippen molar-refractivity contribution in [2.75, 3.05) is 0 Å². The van der Waals surface area contributed by atoms with Crippen molar-refractivity contribution in [1.29, 1.82) is 0 Å². The van der Waals surface area contributed by atoms with Crippen LogP contribution in [0.15, 0.2) is 42.5 Å². The zero-order valence-corrected chi connectivity index (χ0v) is 15.5. The summed E-state index contributed by atoms with van der Waals surface area (Å²) >= 11 is 0. The second-order valence-electron chi connectivity index (χ2n) is 7.93. The van der Waals surface area contributed by atoms with Crippen LogP contribution in [0.4, 0.5) is 0 Å². The van der Waals surface area contributed by atoms with Gasteiger partial charge in [0.25, 0.3) is 0 Å². The molecule has 0 bridgehead atoms. The molecule has 1 amide bonds. The van der Waals surface area contributed by atoms with Crippen LogP contribution in [-0.2, 0) is 36.3 Å². The van der Waals surface area contributed by atoms with Gasteiger partial charge in [-0.3, -0.25) is 4.79 Å². The van der Waals surface area contributed by atoms with Crippen LogP contribution in [-0.4, -0.2) is 5.91 Å². The number of amides is 1. The fourth-order valence-corrected chi connectivity index (χ4v) is 3.18. The highest BCUT2D eigenvalue weighted by Gasteiger charge is 2.13. The molecule has 2 N–H and O–H groups in total. The fourth-order valence-electron chi connectivity index (χ4n) is 3.18. The average molecular weight is 336 g/mol. The lowest BCUT2D eigenvalue weighted by Crippen LogP contribution is -2.23. The van der Waals surface area contributed by atoms with Crippen molar-refractivity contribution in [3.8, 4) is 0 Å². The number of aryl methyl sites for hydroxylation is 1. The SMILES string of the molecule is CC(C)(C)c1ccc(CCC(=O)NCc2ccc3c(c2)CNC3)cc1. The molecule has 0 radical (unpaired) electrons. The Kier molecular flexibility index (Phi) is 5.24.